The molecule has 0 saturated carbocycles. The first-order chi connectivity index (χ1) is 9.17. The Morgan fingerprint density at radius 2 is 1.84 bits per heavy atom. The zero-order valence-corrected chi connectivity index (χ0v) is 12.3. The molecule has 0 unspecified atom stereocenters. The van der Waals surface area contributed by atoms with Crippen molar-refractivity contribution in [3.63, 3.8) is 0 Å². The lowest BCUT2D eigenvalue weighted by molar-refractivity contribution is 0.743. The zero-order valence-electron chi connectivity index (χ0n) is 11.5. The third kappa shape index (κ3) is 3.10. The first-order valence-electron chi connectivity index (χ1n) is 6.66. The van der Waals surface area contributed by atoms with Crippen LogP contribution in [-0.2, 0) is 19.3 Å². The number of hydrogen-bond acceptors (Lipinski definition) is 4. The van der Waals surface area contributed by atoms with Crippen LogP contribution < -0.4 is 0 Å². The topological polar surface area (TPSA) is 56.5 Å². The van der Waals surface area contributed by atoms with Gasteiger partial charge in [-0.05, 0) is 6.42 Å². The van der Waals surface area contributed by atoms with Crippen molar-refractivity contribution < 1.29 is 0 Å². The number of aromatic nitrogens is 5. The molecule has 2 aromatic rings. The lowest BCUT2D eigenvalue weighted by atomic mass is 10.3. The van der Waals surface area contributed by atoms with Crippen LogP contribution in [0.5, 0.6) is 0 Å². The first kappa shape index (κ1) is 13.9. The second-order valence-electron chi connectivity index (χ2n) is 4.28. The molecule has 2 rings (SSSR count). The SMILES string of the molecule is CCCc1nc(Cl)cc(-n2nc(CC)nc2CC)n1. The van der Waals surface area contributed by atoms with Crippen LogP contribution in [-0.4, -0.2) is 24.7 Å². The maximum atomic E-state index is 6.06. The van der Waals surface area contributed by atoms with E-state index in [0.717, 1.165) is 43.2 Å². The fourth-order valence-corrected chi connectivity index (χ4v) is 2.04. The van der Waals surface area contributed by atoms with Gasteiger partial charge in [0.1, 0.15) is 16.8 Å². The second-order valence-corrected chi connectivity index (χ2v) is 4.67. The van der Waals surface area contributed by atoms with Gasteiger partial charge in [-0.25, -0.2) is 15.0 Å². The second kappa shape index (κ2) is 6.10. The summed E-state index contributed by atoms with van der Waals surface area (Å²) in [6.45, 7) is 6.18. The molecule has 0 aliphatic rings. The minimum atomic E-state index is 0.448. The molecule has 0 amide bonds. The Bertz CT molecular complexity index is 564. The standard InChI is InChI=1S/C13H18ClN5/c1-4-7-11-15-9(14)8-13(17-11)19-12(6-3)16-10(5-2)18-19/h8H,4-7H2,1-3H3. The van der Waals surface area contributed by atoms with Crippen molar-refractivity contribution in [3.05, 3.63) is 28.7 Å². The van der Waals surface area contributed by atoms with Crippen molar-refractivity contribution >= 4 is 11.6 Å². The molecule has 2 heterocycles. The number of rotatable bonds is 5. The number of halogens is 1. The molecular weight excluding hydrogens is 262 g/mol. The molecule has 0 saturated heterocycles. The molecule has 0 aliphatic heterocycles. The molecule has 0 fully saturated rings. The highest BCUT2D eigenvalue weighted by Crippen LogP contribution is 2.14. The van der Waals surface area contributed by atoms with E-state index in [1.807, 2.05) is 6.92 Å². The first-order valence-corrected chi connectivity index (χ1v) is 7.04. The summed E-state index contributed by atoms with van der Waals surface area (Å²) in [5, 5.41) is 4.92. The molecule has 0 radical (unpaired) electrons. The Morgan fingerprint density at radius 1 is 1.05 bits per heavy atom. The van der Waals surface area contributed by atoms with E-state index in [9.17, 15) is 0 Å². The summed E-state index contributed by atoms with van der Waals surface area (Å²) in [6, 6.07) is 1.73. The Hall–Kier alpha value is -1.49. The highest BCUT2D eigenvalue weighted by Gasteiger charge is 2.12. The van der Waals surface area contributed by atoms with Crippen molar-refractivity contribution in [1.82, 2.24) is 24.7 Å². The van der Waals surface area contributed by atoms with Gasteiger partial charge in [0.15, 0.2) is 11.6 Å². The Morgan fingerprint density at radius 3 is 2.47 bits per heavy atom. The molecular formula is C13H18ClN5. The van der Waals surface area contributed by atoms with Crippen molar-refractivity contribution in [3.8, 4) is 5.82 Å². The van der Waals surface area contributed by atoms with Crippen LogP contribution in [0.2, 0.25) is 5.15 Å². The Balaban J connectivity index is 2.48. The fourth-order valence-electron chi connectivity index (χ4n) is 1.85. The monoisotopic (exact) mass is 279 g/mol. The molecule has 0 N–H and O–H groups in total. The summed E-state index contributed by atoms with van der Waals surface area (Å²) in [5.41, 5.74) is 0. The van der Waals surface area contributed by atoms with Crippen molar-refractivity contribution in [2.24, 2.45) is 0 Å². The minimum absolute atomic E-state index is 0.448. The summed E-state index contributed by atoms with van der Waals surface area (Å²) >= 11 is 6.06. The van der Waals surface area contributed by atoms with E-state index >= 15 is 0 Å². The highest BCUT2D eigenvalue weighted by atomic mass is 35.5. The minimum Gasteiger partial charge on any atom is -0.221 e. The fraction of sp³-hybridized carbons (Fsp3) is 0.538. The molecule has 0 aromatic carbocycles. The number of hydrogen-bond donors (Lipinski definition) is 0. The average Bonchev–Trinajstić information content (AvgIpc) is 2.81. The van der Waals surface area contributed by atoms with Gasteiger partial charge in [0.25, 0.3) is 0 Å². The normalized spacial score (nSPS) is 10.9. The molecule has 0 bridgehead atoms. The van der Waals surface area contributed by atoms with Crippen LogP contribution in [0.1, 0.15) is 44.7 Å². The Labute approximate surface area is 118 Å². The summed E-state index contributed by atoms with van der Waals surface area (Å²) in [5.74, 6) is 3.17. The van der Waals surface area contributed by atoms with Gasteiger partial charge in [-0.2, -0.15) is 4.68 Å². The van der Waals surface area contributed by atoms with E-state index in [1.54, 1.807) is 10.7 Å². The van der Waals surface area contributed by atoms with Crippen LogP contribution in [0.15, 0.2) is 6.07 Å². The van der Waals surface area contributed by atoms with Crippen molar-refractivity contribution in [2.45, 2.75) is 46.5 Å². The predicted molar refractivity (Wildman–Crippen MR) is 74.7 cm³/mol. The van der Waals surface area contributed by atoms with E-state index in [0.29, 0.717) is 11.0 Å². The van der Waals surface area contributed by atoms with Gasteiger partial charge in [0.05, 0.1) is 0 Å². The lowest BCUT2D eigenvalue weighted by Gasteiger charge is -2.06. The maximum Gasteiger partial charge on any atom is 0.160 e. The largest absolute Gasteiger partial charge is 0.221 e. The Kier molecular flexibility index (Phi) is 4.47. The van der Waals surface area contributed by atoms with Crippen molar-refractivity contribution in [2.75, 3.05) is 0 Å². The summed E-state index contributed by atoms with van der Waals surface area (Å²) in [4.78, 5) is 13.2. The number of aryl methyl sites for hydroxylation is 3. The lowest BCUT2D eigenvalue weighted by Crippen LogP contribution is -2.07. The summed E-state index contributed by atoms with van der Waals surface area (Å²) < 4.78 is 1.77. The number of nitrogens with zero attached hydrogens (tertiary/aromatic N) is 5. The van der Waals surface area contributed by atoms with Crippen LogP contribution >= 0.6 is 11.6 Å². The van der Waals surface area contributed by atoms with Crippen LogP contribution in [0.4, 0.5) is 0 Å². The van der Waals surface area contributed by atoms with Gasteiger partial charge in [0, 0.05) is 25.3 Å². The highest BCUT2D eigenvalue weighted by molar-refractivity contribution is 6.29. The molecule has 5 nitrogen and oxygen atoms in total. The molecule has 102 valence electrons. The van der Waals surface area contributed by atoms with Crippen LogP contribution in [0, 0.1) is 0 Å². The van der Waals surface area contributed by atoms with E-state index in [-0.39, 0.29) is 0 Å². The van der Waals surface area contributed by atoms with Gasteiger partial charge in [-0.1, -0.05) is 32.4 Å². The molecule has 6 heteroatoms. The smallest absolute Gasteiger partial charge is 0.160 e. The van der Waals surface area contributed by atoms with Crippen LogP contribution in [0.3, 0.4) is 0 Å². The summed E-state index contributed by atoms with van der Waals surface area (Å²) in [6.07, 6.45) is 3.40. The van der Waals surface area contributed by atoms with Gasteiger partial charge in [-0.3, -0.25) is 0 Å². The van der Waals surface area contributed by atoms with E-state index in [1.165, 1.54) is 0 Å². The molecule has 0 atom stereocenters. The third-order valence-electron chi connectivity index (χ3n) is 2.77. The van der Waals surface area contributed by atoms with Gasteiger partial charge in [0.2, 0.25) is 0 Å². The van der Waals surface area contributed by atoms with E-state index in [2.05, 4.69) is 33.9 Å². The van der Waals surface area contributed by atoms with E-state index < -0.39 is 0 Å². The van der Waals surface area contributed by atoms with Gasteiger partial charge >= 0.3 is 0 Å². The van der Waals surface area contributed by atoms with Gasteiger partial charge < -0.3 is 0 Å². The predicted octanol–water partition coefficient (Wildman–Crippen LogP) is 2.79. The molecule has 19 heavy (non-hydrogen) atoms. The maximum absolute atomic E-state index is 6.06. The van der Waals surface area contributed by atoms with Crippen molar-refractivity contribution in [1.29, 1.82) is 0 Å². The quantitative estimate of drug-likeness (QED) is 0.790. The third-order valence-corrected chi connectivity index (χ3v) is 2.96. The molecule has 2 aromatic heterocycles. The zero-order chi connectivity index (χ0) is 13.8. The van der Waals surface area contributed by atoms with Gasteiger partial charge in [-0.15, -0.1) is 5.10 Å². The molecule has 0 spiro atoms. The van der Waals surface area contributed by atoms with Crippen LogP contribution in [0.25, 0.3) is 5.82 Å². The summed E-state index contributed by atoms with van der Waals surface area (Å²) in [7, 11) is 0. The van der Waals surface area contributed by atoms with E-state index in [4.69, 9.17) is 11.6 Å². The average molecular weight is 280 g/mol. The molecule has 0 aliphatic carbocycles.